The van der Waals surface area contributed by atoms with Gasteiger partial charge < -0.3 is 5.73 Å². The highest BCUT2D eigenvalue weighted by molar-refractivity contribution is 5.82. The monoisotopic (exact) mass is 131 g/mol. The molecule has 0 spiro atoms. The largest absolute Gasteiger partial charge is 0.368 e. The van der Waals surface area contributed by atoms with Gasteiger partial charge in [0, 0.05) is 6.92 Å². The molecule has 5 nitrogen and oxygen atoms in total. The van der Waals surface area contributed by atoms with Crippen LogP contribution in [0.15, 0.2) is 0 Å². The average Bonchev–Trinajstić information content (AvgIpc) is 1.63. The normalized spacial score (nSPS) is 8.67. The Morgan fingerprint density at radius 3 is 2.11 bits per heavy atom. The molecule has 0 aliphatic carbocycles. The quantitative estimate of drug-likeness (QED) is 0.263. The van der Waals surface area contributed by atoms with Crippen molar-refractivity contribution in [2.75, 3.05) is 6.54 Å². The van der Waals surface area contributed by atoms with Crippen LogP contribution >= 0.6 is 0 Å². The van der Waals surface area contributed by atoms with Gasteiger partial charge >= 0.3 is 0 Å². The molecule has 2 amide bonds. The summed E-state index contributed by atoms with van der Waals surface area (Å²) < 4.78 is 0. The van der Waals surface area contributed by atoms with Crippen molar-refractivity contribution in [2.24, 2.45) is 11.6 Å². The van der Waals surface area contributed by atoms with Gasteiger partial charge in [0.15, 0.2) is 0 Å². The van der Waals surface area contributed by atoms with E-state index >= 15 is 0 Å². The van der Waals surface area contributed by atoms with Crippen molar-refractivity contribution in [3.8, 4) is 0 Å². The summed E-state index contributed by atoms with van der Waals surface area (Å²) in [6.45, 7) is 1.03. The van der Waals surface area contributed by atoms with E-state index in [2.05, 4.69) is 0 Å². The van der Waals surface area contributed by atoms with Crippen LogP contribution < -0.4 is 11.6 Å². The van der Waals surface area contributed by atoms with E-state index in [4.69, 9.17) is 11.6 Å². The number of rotatable bonds is 2. The molecule has 0 rings (SSSR count). The Morgan fingerprint density at radius 2 is 2.00 bits per heavy atom. The van der Waals surface area contributed by atoms with Gasteiger partial charge in [-0.2, -0.15) is 0 Å². The second-order valence-corrected chi connectivity index (χ2v) is 1.61. The van der Waals surface area contributed by atoms with Gasteiger partial charge in [0.2, 0.25) is 11.8 Å². The number of hydrogen-bond donors (Lipinski definition) is 2. The molecule has 4 N–H and O–H groups in total. The lowest BCUT2D eigenvalue weighted by molar-refractivity contribution is -0.133. The van der Waals surface area contributed by atoms with Gasteiger partial charge in [0.05, 0.1) is 0 Å². The zero-order chi connectivity index (χ0) is 7.44. The van der Waals surface area contributed by atoms with Crippen molar-refractivity contribution in [2.45, 2.75) is 6.92 Å². The molecule has 0 heterocycles. The summed E-state index contributed by atoms with van der Waals surface area (Å²) in [6, 6.07) is 0. The molecule has 0 aromatic heterocycles. The first kappa shape index (κ1) is 7.90. The Kier molecular flexibility index (Phi) is 2.66. The van der Waals surface area contributed by atoms with E-state index in [0.29, 0.717) is 0 Å². The zero-order valence-corrected chi connectivity index (χ0v) is 5.13. The summed E-state index contributed by atoms with van der Waals surface area (Å²) >= 11 is 0. The summed E-state index contributed by atoms with van der Waals surface area (Å²) in [7, 11) is 0. The maximum absolute atomic E-state index is 10.3. The Balaban J connectivity index is 3.63. The fraction of sp³-hybridized carbons (Fsp3) is 0.500. The van der Waals surface area contributed by atoms with Gasteiger partial charge in [-0.1, -0.05) is 0 Å². The van der Waals surface area contributed by atoms with Crippen LogP contribution in [0.2, 0.25) is 0 Å². The van der Waals surface area contributed by atoms with E-state index in [1.54, 1.807) is 0 Å². The molecule has 5 heteroatoms. The minimum absolute atomic E-state index is 0.227. The third-order valence-corrected chi connectivity index (χ3v) is 0.731. The molecule has 0 aromatic rings. The number of carbonyl (C=O) groups excluding carboxylic acids is 2. The van der Waals surface area contributed by atoms with Crippen molar-refractivity contribution in [1.29, 1.82) is 0 Å². The number of amides is 2. The molecule has 0 saturated carbocycles. The number of carbonyl (C=O) groups is 2. The van der Waals surface area contributed by atoms with E-state index in [1.807, 2.05) is 0 Å². The lowest BCUT2D eigenvalue weighted by Crippen LogP contribution is -2.41. The summed E-state index contributed by atoms with van der Waals surface area (Å²) in [6.07, 6.45) is 0. The first-order valence-corrected chi connectivity index (χ1v) is 2.35. The first-order chi connectivity index (χ1) is 4.04. The number of hydrazine groups is 1. The minimum atomic E-state index is -0.618. The van der Waals surface area contributed by atoms with E-state index in [-0.39, 0.29) is 12.5 Å². The molecule has 0 aliphatic heterocycles. The molecular weight excluding hydrogens is 122 g/mol. The van der Waals surface area contributed by atoms with Crippen LogP contribution in [-0.2, 0) is 9.59 Å². The molecule has 0 saturated heterocycles. The molecule has 0 radical (unpaired) electrons. The summed E-state index contributed by atoms with van der Waals surface area (Å²) in [5.41, 5.74) is 4.72. The molecule has 0 aromatic carbocycles. The van der Waals surface area contributed by atoms with E-state index in [0.717, 1.165) is 5.01 Å². The topological polar surface area (TPSA) is 89.4 Å². The third-order valence-electron chi connectivity index (χ3n) is 0.731. The van der Waals surface area contributed by atoms with Gasteiger partial charge in [-0.05, 0) is 0 Å². The van der Waals surface area contributed by atoms with Gasteiger partial charge in [0.25, 0.3) is 0 Å². The highest BCUT2D eigenvalue weighted by atomic mass is 16.2. The standard InChI is InChI=1S/C4H9N3O2/c1-3(8)7(6)2-4(5)9/h2,6H2,1H3,(H2,5,9). The van der Waals surface area contributed by atoms with Crippen LogP contribution in [0, 0.1) is 0 Å². The molecule has 0 fully saturated rings. The van der Waals surface area contributed by atoms with Crippen LogP contribution in [0.1, 0.15) is 6.92 Å². The fourth-order valence-corrected chi connectivity index (χ4v) is 0.279. The van der Waals surface area contributed by atoms with Crippen LogP contribution in [-0.4, -0.2) is 23.4 Å². The smallest absolute Gasteiger partial charge is 0.238 e. The maximum Gasteiger partial charge on any atom is 0.238 e. The molecule has 0 aliphatic rings. The molecule has 0 bridgehead atoms. The molecular formula is C4H9N3O2. The highest BCUT2D eigenvalue weighted by Crippen LogP contribution is 1.75. The van der Waals surface area contributed by atoms with Crippen LogP contribution in [0.25, 0.3) is 0 Å². The van der Waals surface area contributed by atoms with Crippen LogP contribution in [0.3, 0.4) is 0 Å². The van der Waals surface area contributed by atoms with Crippen molar-refractivity contribution in [3.05, 3.63) is 0 Å². The Bertz CT molecular complexity index is 134. The number of nitrogens with zero attached hydrogens (tertiary/aromatic N) is 1. The second-order valence-electron chi connectivity index (χ2n) is 1.61. The SMILES string of the molecule is CC(=O)N(N)CC(N)=O. The Morgan fingerprint density at radius 1 is 1.56 bits per heavy atom. The summed E-state index contributed by atoms with van der Waals surface area (Å²) in [5, 5.41) is 0.752. The summed E-state index contributed by atoms with van der Waals surface area (Å²) in [5.74, 6) is 4.00. The van der Waals surface area contributed by atoms with Crippen molar-refractivity contribution < 1.29 is 9.59 Å². The highest BCUT2D eigenvalue weighted by Gasteiger charge is 2.04. The van der Waals surface area contributed by atoms with Crippen molar-refractivity contribution in [1.82, 2.24) is 5.01 Å². The van der Waals surface area contributed by atoms with E-state index in [1.165, 1.54) is 6.92 Å². The molecule has 0 unspecified atom stereocenters. The average molecular weight is 131 g/mol. The number of primary amides is 1. The van der Waals surface area contributed by atoms with Crippen LogP contribution in [0.4, 0.5) is 0 Å². The van der Waals surface area contributed by atoms with Gasteiger partial charge in [-0.25, -0.2) is 5.84 Å². The van der Waals surface area contributed by atoms with Crippen LogP contribution in [0.5, 0.6) is 0 Å². The zero-order valence-electron chi connectivity index (χ0n) is 5.13. The number of nitrogens with two attached hydrogens (primary N) is 2. The molecule has 52 valence electrons. The van der Waals surface area contributed by atoms with Gasteiger partial charge in [-0.3, -0.25) is 14.6 Å². The summed E-state index contributed by atoms with van der Waals surface area (Å²) in [4.78, 5) is 20.3. The van der Waals surface area contributed by atoms with E-state index in [9.17, 15) is 9.59 Å². The van der Waals surface area contributed by atoms with Gasteiger partial charge in [-0.15, -0.1) is 0 Å². The molecule has 0 atom stereocenters. The minimum Gasteiger partial charge on any atom is -0.368 e. The van der Waals surface area contributed by atoms with E-state index < -0.39 is 5.91 Å². The molecule has 9 heavy (non-hydrogen) atoms. The predicted octanol–water partition coefficient (Wildman–Crippen LogP) is -1.81. The van der Waals surface area contributed by atoms with Crippen molar-refractivity contribution in [3.63, 3.8) is 0 Å². The Hall–Kier alpha value is -1.10. The number of hydrogen-bond acceptors (Lipinski definition) is 3. The first-order valence-electron chi connectivity index (χ1n) is 2.35. The third kappa shape index (κ3) is 3.48. The van der Waals surface area contributed by atoms with Crippen molar-refractivity contribution >= 4 is 11.8 Å². The Labute approximate surface area is 52.6 Å². The lowest BCUT2D eigenvalue weighted by Gasteiger charge is -2.09. The second kappa shape index (κ2) is 3.03. The maximum atomic E-state index is 10.3. The van der Waals surface area contributed by atoms with Gasteiger partial charge in [0.1, 0.15) is 6.54 Å². The lowest BCUT2D eigenvalue weighted by atomic mass is 10.5. The fourth-order valence-electron chi connectivity index (χ4n) is 0.279. The predicted molar refractivity (Wildman–Crippen MR) is 30.8 cm³/mol.